The molecule has 2 aromatic carbocycles. The zero-order valence-electron chi connectivity index (χ0n) is 12.6. The van der Waals surface area contributed by atoms with E-state index in [0.717, 1.165) is 16.5 Å². The molecule has 0 spiro atoms. The van der Waals surface area contributed by atoms with Gasteiger partial charge in [0.25, 0.3) is 0 Å². The highest BCUT2D eigenvalue weighted by Crippen LogP contribution is 2.23. The first-order valence-electron chi connectivity index (χ1n) is 7.29. The van der Waals surface area contributed by atoms with Crippen LogP contribution >= 0.6 is 11.6 Å². The molecular formula is C17H17ClN2O2S. The number of aromatic nitrogens is 1. The van der Waals surface area contributed by atoms with Crippen molar-refractivity contribution in [2.24, 2.45) is 0 Å². The average molecular weight is 349 g/mol. The minimum absolute atomic E-state index is 0.226. The summed E-state index contributed by atoms with van der Waals surface area (Å²) in [6.45, 7) is 2.03. The van der Waals surface area contributed by atoms with Crippen molar-refractivity contribution in [3.8, 4) is 0 Å². The van der Waals surface area contributed by atoms with Crippen LogP contribution in [0, 0.1) is 6.92 Å². The predicted octanol–water partition coefficient (Wildman–Crippen LogP) is 3.65. The van der Waals surface area contributed by atoms with E-state index in [1.54, 1.807) is 25.1 Å². The van der Waals surface area contributed by atoms with Crippen LogP contribution in [0.5, 0.6) is 0 Å². The molecule has 0 amide bonds. The molecule has 2 N–H and O–H groups in total. The molecule has 1 heterocycles. The summed E-state index contributed by atoms with van der Waals surface area (Å²) in [5.41, 5.74) is 2.70. The Morgan fingerprint density at radius 1 is 1.13 bits per heavy atom. The third-order valence-corrected chi connectivity index (χ3v) is 5.88. The van der Waals surface area contributed by atoms with Crippen molar-refractivity contribution >= 4 is 32.5 Å². The molecule has 3 rings (SSSR count). The van der Waals surface area contributed by atoms with Gasteiger partial charge in [-0.1, -0.05) is 35.9 Å². The zero-order chi connectivity index (χ0) is 16.4. The maximum Gasteiger partial charge on any atom is 0.240 e. The molecule has 0 atom stereocenters. The highest BCUT2D eigenvalue weighted by molar-refractivity contribution is 7.89. The highest BCUT2D eigenvalue weighted by atomic mass is 35.5. The normalized spacial score (nSPS) is 11.9. The third-order valence-electron chi connectivity index (χ3n) is 3.87. The van der Waals surface area contributed by atoms with E-state index < -0.39 is 10.0 Å². The number of para-hydroxylation sites is 1. The van der Waals surface area contributed by atoms with Crippen LogP contribution in [0.15, 0.2) is 53.6 Å². The van der Waals surface area contributed by atoms with Gasteiger partial charge in [0, 0.05) is 28.7 Å². The van der Waals surface area contributed by atoms with Crippen LogP contribution in [0.1, 0.15) is 11.1 Å². The standard InChI is InChI=1S/C17H17ClN2O2S/c1-12-15(18)6-4-8-17(12)23(21,22)20-10-9-13-11-19-16-7-3-2-5-14(13)16/h2-8,11,19-20H,9-10H2,1H3. The molecule has 3 aromatic rings. The topological polar surface area (TPSA) is 62.0 Å². The lowest BCUT2D eigenvalue weighted by Crippen LogP contribution is -2.26. The fourth-order valence-electron chi connectivity index (χ4n) is 2.62. The Morgan fingerprint density at radius 2 is 1.91 bits per heavy atom. The Kier molecular flexibility index (Phi) is 4.43. The lowest BCUT2D eigenvalue weighted by Gasteiger charge is -2.10. The number of fused-ring (bicyclic) bond motifs is 1. The van der Waals surface area contributed by atoms with Gasteiger partial charge in [0.05, 0.1) is 4.90 Å². The van der Waals surface area contributed by atoms with Crippen LogP contribution in [-0.4, -0.2) is 19.9 Å². The lowest BCUT2D eigenvalue weighted by molar-refractivity contribution is 0.581. The van der Waals surface area contributed by atoms with E-state index >= 15 is 0 Å². The second-order valence-electron chi connectivity index (χ2n) is 5.37. The summed E-state index contributed by atoms with van der Waals surface area (Å²) >= 11 is 6.00. The molecule has 6 heteroatoms. The Hall–Kier alpha value is -1.82. The van der Waals surface area contributed by atoms with Crippen LogP contribution in [-0.2, 0) is 16.4 Å². The minimum atomic E-state index is -3.56. The molecule has 0 saturated heterocycles. The molecule has 120 valence electrons. The molecule has 0 radical (unpaired) electrons. The van der Waals surface area contributed by atoms with Crippen molar-refractivity contribution in [2.45, 2.75) is 18.2 Å². The second kappa shape index (κ2) is 6.35. The van der Waals surface area contributed by atoms with Crippen LogP contribution in [0.4, 0.5) is 0 Å². The molecular weight excluding hydrogens is 332 g/mol. The maximum atomic E-state index is 12.4. The fraction of sp³-hybridized carbons (Fsp3) is 0.176. The average Bonchev–Trinajstić information content (AvgIpc) is 2.93. The number of nitrogens with one attached hydrogen (secondary N) is 2. The van der Waals surface area contributed by atoms with Gasteiger partial charge in [-0.05, 0) is 42.7 Å². The number of H-pyrrole nitrogens is 1. The lowest BCUT2D eigenvalue weighted by atomic mass is 10.1. The monoisotopic (exact) mass is 348 g/mol. The van der Waals surface area contributed by atoms with E-state index in [0.29, 0.717) is 23.6 Å². The summed E-state index contributed by atoms with van der Waals surface area (Å²) in [5.74, 6) is 0. The van der Waals surface area contributed by atoms with Gasteiger partial charge in [-0.15, -0.1) is 0 Å². The molecule has 4 nitrogen and oxygen atoms in total. The smallest absolute Gasteiger partial charge is 0.240 e. The summed E-state index contributed by atoms with van der Waals surface area (Å²) < 4.78 is 27.5. The molecule has 0 unspecified atom stereocenters. The minimum Gasteiger partial charge on any atom is -0.361 e. The van der Waals surface area contributed by atoms with Crippen molar-refractivity contribution < 1.29 is 8.42 Å². The molecule has 0 aliphatic heterocycles. The van der Waals surface area contributed by atoms with Gasteiger partial charge in [0.1, 0.15) is 0 Å². The molecule has 0 aliphatic carbocycles. The number of hydrogen-bond donors (Lipinski definition) is 2. The van der Waals surface area contributed by atoms with E-state index in [9.17, 15) is 8.42 Å². The van der Waals surface area contributed by atoms with Crippen molar-refractivity contribution in [1.82, 2.24) is 9.71 Å². The number of aromatic amines is 1. The Bertz CT molecular complexity index is 948. The van der Waals surface area contributed by atoms with Gasteiger partial charge in [0.15, 0.2) is 0 Å². The fourth-order valence-corrected chi connectivity index (χ4v) is 4.14. The highest BCUT2D eigenvalue weighted by Gasteiger charge is 2.17. The third kappa shape index (κ3) is 3.27. The summed E-state index contributed by atoms with van der Waals surface area (Å²) in [5, 5.41) is 1.56. The number of benzene rings is 2. The van der Waals surface area contributed by atoms with Crippen molar-refractivity contribution in [3.63, 3.8) is 0 Å². The molecule has 0 aliphatic rings. The van der Waals surface area contributed by atoms with Gasteiger partial charge >= 0.3 is 0 Å². The molecule has 23 heavy (non-hydrogen) atoms. The number of sulfonamides is 1. The Balaban J connectivity index is 1.74. The van der Waals surface area contributed by atoms with Crippen molar-refractivity contribution in [2.75, 3.05) is 6.54 Å². The van der Waals surface area contributed by atoms with Crippen LogP contribution in [0.3, 0.4) is 0 Å². The van der Waals surface area contributed by atoms with Crippen LogP contribution in [0.2, 0.25) is 5.02 Å². The van der Waals surface area contributed by atoms with E-state index in [1.165, 1.54) is 0 Å². The largest absolute Gasteiger partial charge is 0.361 e. The molecule has 0 bridgehead atoms. The van der Waals surface area contributed by atoms with Crippen LogP contribution < -0.4 is 4.72 Å². The summed E-state index contributed by atoms with van der Waals surface area (Å²) in [6, 6.07) is 12.8. The molecule has 1 aromatic heterocycles. The van der Waals surface area contributed by atoms with E-state index in [1.807, 2.05) is 30.5 Å². The van der Waals surface area contributed by atoms with Gasteiger partial charge < -0.3 is 4.98 Å². The quantitative estimate of drug-likeness (QED) is 0.739. The zero-order valence-corrected chi connectivity index (χ0v) is 14.2. The molecule has 0 saturated carbocycles. The van der Waals surface area contributed by atoms with E-state index in [4.69, 9.17) is 11.6 Å². The van der Waals surface area contributed by atoms with Crippen molar-refractivity contribution in [1.29, 1.82) is 0 Å². The maximum absolute atomic E-state index is 12.4. The van der Waals surface area contributed by atoms with Gasteiger partial charge in [-0.25, -0.2) is 13.1 Å². The first kappa shape index (κ1) is 16.1. The molecule has 0 fully saturated rings. The van der Waals surface area contributed by atoms with Gasteiger partial charge in [0.2, 0.25) is 10.0 Å². The van der Waals surface area contributed by atoms with E-state index in [2.05, 4.69) is 9.71 Å². The Labute approximate surface area is 140 Å². The summed E-state index contributed by atoms with van der Waals surface area (Å²) in [6.07, 6.45) is 2.53. The summed E-state index contributed by atoms with van der Waals surface area (Å²) in [4.78, 5) is 3.42. The predicted molar refractivity (Wildman–Crippen MR) is 93.4 cm³/mol. The van der Waals surface area contributed by atoms with Crippen molar-refractivity contribution in [3.05, 3.63) is 64.8 Å². The number of hydrogen-bond acceptors (Lipinski definition) is 2. The first-order valence-corrected chi connectivity index (χ1v) is 9.15. The van der Waals surface area contributed by atoms with Gasteiger partial charge in [-0.2, -0.15) is 0 Å². The first-order chi connectivity index (χ1) is 11.0. The second-order valence-corrected chi connectivity index (χ2v) is 7.51. The van der Waals surface area contributed by atoms with Crippen LogP contribution in [0.25, 0.3) is 10.9 Å². The Morgan fingerprint density at radius 3 is 2.74 bits per heavy atom. The van der Waals surface area contributed by atoms with E-state index in [-0.39, 0.29) is 4.90 Å². The summed E-state index contributed by atoms with van der Waals surface area (Å²) in [7, 11) is -3.56. The van der Waals surface area contributed by atoms with Gasteiger partial charge in [-0.3, -0.25) is 0 Å². The number of rotatable bonds is 5. The number of halogens is 1. The SMILES string of the molecule is Cc1c(Cl)cccc1S(=O)(=O)NCCc1c[nH]c2ccccc12.